The van der Waals surface area contributed by atoms with Gasteiger partial charge in [-0.05, 0) is 19.1 Å². The average molecular weight is 226 g/mol. The molecule has 15 heavy (non-hydrogen) atoms. The number of halogens is 1. The number of pyridine rings is 1. The fourth-order valence-electron chi connectivity index (χ4n) is 1.92. The second kappa shape index (κ2) is 4.92. The van der Waals surface area contributed by atoms with E-state index in [2.05, 4.69) is 22.1 Å². The van der Waals surface area contributed by atoms with E-state index in [0.29, 0.717) is 6.04 Å². The third-order valence-electron chi connectivity index (χ3n) is 2.62. The smallest absolute Gasteiger partial charge is 0.0558 e. The molecular weight excluding hydrogens is 210 g/mol. The molecule has 1 fully saturated rings. The molecule has 2 heterocycles. The zero-order valence-corrected chi connectivity index (χ0v) is 9.67. The van der Waals surface area contributed by atoms with Crippen LogP contribution in [0.25, 0.3) is 0 Å². The van der Waals surface area contributed by atoms with Gasteiger partial charge < -0.3 is 5.32 Å². The molecule has 1 aromatic rings. The predicted octanol–water partition coefficient (Wildman–Crippen LogP) is 1.53. The molecule has 1 saturated heterocycles. The maximum Gasteiger partial charge on any atom is 0.0558 e. The molecule has 2 rings (SSSR count). The SMILES string of the molecule is C[C@@H]1CN(Cc2cc(Cl)ccn2)CCN1. The second-order valence-corrected chi connectivity index (χ2v) is 4.49. The highest BCUT2D eigenvalue weighted by Crippen LogP contribution is 2.11. The second-order valence-electron chi connectivity index (χ2n) is 4.06. The van der Waals surface area contributed by atoms with E-state index in [4.69, 9.17) is 11.6 Å². The molecule has 1 aliphatic heterocycles. The van der Waals surface area contributed by atoms with Crippen LogP contribution in [0.3, 0.4) is 0 Å². The molecule has 0 amide bonds. The average Bonchev–Trinajstić information content (AvgIpc) is 2.17. The van der Waals surface area contributed by atoms with Crippen LogP contribution in [-0.4, -0.2) is 35.6 Å². The Morgan fingerprint density at radius 2 is 2.53 bits per heavy atom. The Hall–Kier alpha value is -0.640. The van der Waals surface area contributed by atoms with E-state index in [0.717, 1.165) is 36.9 Å². The van der Waals surface area contributed by atoms with E-state index in [1.165, 1.54) is 0 Å². The monoisotopic (exact) mass is 225 g/mol. The molecule has 0 aromatic carbocycles. The Balaban J connectivity index is 1.96. The summed E-state index contributed by atoms with van der Waals surface area (Å²) in [5.74, 6) is 0. The Kier molecular flexibility index (Phi) is 3.57. The highest BCUT2D eigenvalue weighted by atomic mass is 35.5. The zero-order valence-electron chi connectivity index (χ0n) is 8.91. The molecule has 0 spiro atoms. The summed E-state index contributed by atoms with van der Waals surface area (Å²) in [5.41, 5.74) is 1.05. The van der Waals surface area contributed by atoms with Crippen LogP contribution < -0.4 is 5.32 Å². The Labute approximate surface area is 95.4 Å². The first-order valence-electron chi connectivity index (χ1n) is 5.30. The zero-order chi connectivity index (χ0) is 10.7. The molecular formula is C11H16ClN3. The minimum absolute atomic E-state index is 0.568. The molecule has 1 aromatic heterocycles. The van der Waals surface area contributed by atoms with Crippen molar-refractivity contribution >= 4 is 11.6 Å². The summed E-state index contributed by atoms with van der Waals surface area (Å²) < 4.78 is 0. The van der Waals surface area contributed by atoms with E-state index in [-0.39, 0.29) is 0 Å². The molecule has 1 atom stereocenters. The summed E-state index contributed by atoms with van der Waals surface area (Å²) in [5, 5.41) is 4.19. The first kappa shape index (κ1) is 10.9. The molecule has 0 saturated carbocycles. The van der Waals surface area contributed by atoms with Crippen molar-refractivity contribution in [3.05, 3.63) is 29.0 Å². The Morgan fingerprint density at radius 1 is 1.67 bits per heavy atom. The number of hydrogen-bond donors (Lipinski definition) is 1. The fraction of sp³-hybridized carbons (Fsp3) is 0.545. The lowest BCUT2D eigenvalue weighted by atomic mass is 10.2. The summed E-state index contributed by atoms with van der Waals surface area (Å²) in [6, 6.07) is 4.32. The Morgan fingerprint density at radius 3 is 3.27 bits per heavy atom. The van der Waals surface area contributed by atoms with Crippen molar-refractivity contribution in [1.29, 1.82) is 0 Å². The Bertz CT molecular complexity index is 329. The third kappa shape index (κ3) is 3.16. The van der Waals surface area contributed by atoms with Crippen LogP contribution in [0, 0.1) is 0 Å². The van der Waals surface area contributed by atoms with Crippen LogP contribution in [0.5, 0.6) is 0 Å². The van der Waals surface area contributed by atoms with Crippen LogP contribution in [0.1, 0.15) is 12.6 Å². The predicted molar refractivity (Wildman–Crippen MR) is 62.0 cm³/mol. The number of piperazine rings is 1. The van der Waals surface area contributed by atoms with Gasteiger partial charge in [0, 0.05) is 43.4 Å². The fourth-order valence-corrected chi connectivity index (χ4v) is 2.10. The maximum absolute atomic E-state index is 5.92. The first-order valence-corrected chi connectivity index (χ1v) is 5.68. The van der Waals surface area contributed by atoms with Crippen LogP contribution in [-0.2, 0) is 6.54 Å². The van der Waals surface area contributed by atoms with Gasteiger partial charge >= 0.3 is 0 Å². The lowest BCUT2D eigenvalue weighted by Crippen LogP contribution is -2.48. The van der Waals surface area contributed by atoms with E-state index in [1.807, 2.05) is 12.1 Å². The van der Waals surface area contributed by atoms with Gasteiger partial charge in [0.2, 0.25) is 0 Å². The molecule has 0 radical (unpaired) electrons. The summed E-state index contributed by atoms with van der Waals surface area (Å²) in [6.07, 6.45) is 1.77. The van der Waals surface area contributed by atoms with Gasteiger partial charge in [0.1, 0.15) is 0 Å². The lowest BCUT2D eigenvalue weighted by molar-refractivity contribution is 0.197. The third-order valence-corrected chi connectivity index (χ3v) is 2.85. The van der Waals surface area contributed by atoms with E-state index < -0.39 is 0 Å². The standard InChI is InChI=1S/C11H16ClN3/c1-9-7-15(5-4-13-9)8-11-6-10(12)2-3-14-11/h2-3,6,9,13H,4-5,7-8H2,1H3/t9-/m1/s1. The van der Waals surface area contributed by atoms with Crippen molar-refractivity contribution in [3.8, 4) is 0 Å². The maximum atomic E-state index is 5.92. The van der Waals surface area contributed by atoms with Gasteiger partial charge in [0.05, 0.1) is 5.69 Å². The minimum Gasteiger partial charge on any atom is -0.312 e. The van der Waals surface area contributed by atoms with Crippen LogP contribution in [0.4, 0.5) is 0 Å². The minimum atomic E-state index is 0.568. The van der Waals surface area contributed by atoms with Gasteiger partial charge in [-0.3, -0.25) is 9.88 Å². The van der Waals surface area contributed by atoms with Crippen molar-refractivity contribution in [2.75, 3.05) is 19.6 Å². The van der Waals surface area contributed by atoms with Gasteiger partial charge in [0.25, 0.3) is 0 Å². The van der Waals surface area contributed by atoms with Gasteiger partial charge in [-0.25, -0.2) is 0 Å². The van der Waals surface area contributed by atoms with E-state index in [1.54, 1.807) is 6.20 Å². The summed E-state index contributed by atoms with van der Waals surface area (Å²) in [7, 11) is 0. The normalized spacial score (nSPS) is 22.9. The van der Waals surface area contributed by atoms with Gasteiger partial charge in [-0.2, -0.15) is 0 Å². The van der Waals surface area contributed by atoms with Gasteiger partial charge in [-0.1, -0.05) is 11.6 Å². The van der Waals surface area contributed by atoms with E-state index in [9.17, 15) is 0 Å². The summed E-state index contributed by atoms with van der Waals surface area (Å²) in [4.78, 5) is 6.71. The van der Waals surface area contributed by atoms with Crippen molar-refractivity contribution in [1.82, 2.24) is 15.2 Å². The van der Waals surface area contributed by atoms with Crippen molar-refractivity contribution < 1.29 is 0 Å². The topological polar surface area (TPSA) is 28.2 Å². The molecule has 3 nitrogen and oxygen atoms in total. The number of hydrogen-bond acceptors (Lipinski definition) is 3. The molecule has 0 bridgehead atoms. The van der Waals surface area contributed by atoms with Crippen molar-refractivity contribution in [2.24, 2.45) is 0 Å². The summed E-state index contributed by atoms with van der Waals surface area (Å²) >= 11 is 5.92. The molecule has 4 heteroatoms. The van der Waals surface area contributed by atoms with Crippen molar-refractivity contribution in [3.63, 3.8) is 0 Å². The van der Waals surface area contributed by atoms with E-state index >= 15 is 0 Å². The molecule has 0 unspecified atom stereocenters. The van der Waals surface area contributed by atoms with Crippen LogP contribution >= 0.6 is 11.6 Å². The van der Waals surface area contributed by atoms with Gasteiger partial charge in [0.15, 0.2) is 0 Å². The molecule has 82 valence electrons. The largest absolute Gasteiger partial charge is 0.312 e. The highest BCUT2D eigenvalue weighted by molar-refractivity contribution is 6.30. The molecule has 0 aliphatic carbocycles. The van der Waals surface area contributed by atoms with Gasteiger partial charge in [-0.15, -0.1) is 0 Å². The molecule has 1 aliphatic rings. The first-order chi connectivity index (χ1) is 7.24. The van der Waals surface area contributed by atoms with Crippen LogP contribution in [0.2, 0.25) is 5.02 Å². The number of rotatable bonds is 2. The number of nitrogens with one attached hydrogen (secondary N) is 1. The highest BCUT2D eigenvalue weighted by Gasteiger charge is 2.15. The number of aromatic nitrogens is 1. The quantitative estimate of drug-likeness (QED) is 0.828. The molecule has 1 N–H and O–H groups in total. The van der Waals surface area contributed by atoms with Crippen molar-refractivity contribution in [2.45, 2.75) is 19.5 Å². The number of nitrogens with zero attached hydrogens (tertiary/aromatic N) is 2. The van der Waals surface area contributed by atoms with Crippen LogP contribution in [0.15, 0.2) is 18.3 Å². The lowest BCUT2D eigenvalue weighted by Gasteiger charge is -2.31. The summed E-state index contributed by atoms with van der Waals surface area (Å²) in [6.45, 7) is 6.32.